The number of nitrogens with zero attached hydrogens (tertiary/aromatic N) is 2. The van der Waals surface area contributed by atoms with Crippen LogP contribution in [0.15, 0.2) is 59.1 Å². The van der Waals surface area contributed by atoms with Gasteiger partial charge in [-0.25, -0.2) is 0 Å². The van der Waals surface area contributed by atoms with Crippen molar-refractivity contribution in [1.82, 2.24) is 10.1 Å². The fraction of sp³-hybridized carbons (Fsp3) is 0.190. The molecule has 0 saturated carbocycles. The second kappa shape index (κ2) is 9.58. The highest BCUT2D eigenvalue weighted by atomic mass is 35.5. The Morgan fingerprint density at radius 1 is 1.10 bits per heavy atom. The van der Waals surface area contributed by atoms with Crippen LogP contribution in [-0.2, 0) is 4.79 Å². The molecule has 2 amide bonds. The van der Waals surface area contributed by atoms with E-state index in [1.165, 1.54) is 11.0 Å². The van der Waals surface area contributed by atoms with Crippen LogP contribution in [0.5, 0.6) is 0 Å². The molecular formula is C21H19Cl2N3O3. The molecular weight excluding hydrogens is 413 g/mol. The lowest BCUT2D eigenvalue weighted by atomic mass is 10.1. The molecule has 0 aliphatic rings. The Balaban J connectivity index is 1.71. The predicted molar refractivity (Wildman–Crippen MR) is 113 cm³/mol. The van der Waals surface area contributed by atoms with Gasteiger partial charge in [0.2, 0.25) is 5.91 Å². The summed E-state index contributed by atoms with van der Waals surface area (Å²) in [4.78, 5) is 26.7. The van der Waals surface area contributed by atoms with Crippen LogP contribution in [0.25, 0.3) is 11.3 Å². The minimum absolute atomic E-state index is 0.140. The van der Waals surface area contributed by atoms with Crippen molar-refractivity contribution in [2.24, 2.45) is 0 Å². The van der Waals surface area contributed by atoms with E-state index < -0.39 is 0 Å². The average molecular weight is 432 g/mol. The van der Waals surface area contributed by atoms with Crippen molar-refractivity contribution in [3.63, 3.8) is 0 Å². The highest BCUT2D eigenvalue weighted by Gasteiger charge is 2.22. The van der Waals surface area contributed by atoms with Gasteiger partial charge in [-0.2, -0.15) is 0 Å². The molecule has 1 N–H and O–H groups in total. The van der Waals surface area contributed by atoms with Gasteiger partial charge in [-0.3, -0.25) is 9.59 Å². The van der Waals surface area contributed by atoms with Crippen LogP contribution in [0.2, 0.25) is 10.0 Å². The van der Waals surface area contributed by atoms with Crippen LogP contribution < -0.4 is 5.32 Å². The quantitative estimate of drug-likeness (QED) is 0.561. The second-order valence-electron chi connectivity index (χ2n) is 6.34. The number of hydrogen-bond donors (Lipinski definition) is 1. The van der Waals surface area contributed by atoms with Crippen LogP contribution in [0.1, 0.15) is 23.8 Å². The Bertz CT molecular complexity index is 1010. The molecule has 0 spiro atoms. The maximum atomic E-state index is 12.9. The third-order valence-electron chi connectivity index (χ3n) is 4.11. The fourth-order valence-electron chi connectivity index (χ4n) is 2.75. The highest BCUT2D eigenvalue weighted by Crippen LogP contribution is 2.25. The van der Waals surface area contributed by atoms with Gasteiger partial charge in [-0.1, -0.05) is 65.6 Å². The monoisotopic (exact) mass is 431 g/mol. The first kappa shape index (κ1) is 20.9. The second-order valence-corrected chi connectivity index (χ2v) is 7.19. The molecule has 6 nitrogen and oxygen atoms in total. The van der Waals surface area contributed by atoms with Crippen molar-refractivity contribution in [1.29, 1.82) is 0 Å². The molecule has 3 aromatic rings. The maximum Gasteiger partial charge on any atom is 0.276 e. The topological polar surface area (TPSA) is 75.4 Å². The molecule has 0 saturated heterocycles. The number of benzene rings is 2. The van der Waals surface area contributed by atoms with Crippen molar-refractivity contribution < 1.29 is 14.1 Å². The fourth-order valence-corrected chi connectivity index (χ4v) is 3.21. The number of carbonyl (C=O) groups is 2. The van der Waals surface area contributed by atoms with E-state index in [-0.39, 0.29) is 24.1 Å². The van der Waals surface area contributed by atoms with Gasteiger partial charge in [0.25, 0.3) is 5.91 Å². The van der Waals surface area contributed by atoms with E-state index in [9.17, 15) is 9.59 Å². The summed E-state index contributed by atoms with van der Waals surface area (Å²) >= 11 is 12.0. The van der Waals surface area contributed by atoms with Crippen molar-refractivity contribution in [3.8, 4) is 11.3 Å². The number of anilines is 1. The Hall–Kier alpha value is -2.83. The normalized spacial score (nSPS) is 10.6. The summed E-state index contributed by atoms with van der Waals surface area (Å²) in [6.07, 6.45) is 0.685. The number of amides is 2. The van der Waals surface area contributed by atoms with Crippen LogP contribution in [0.3, 0.4) is 0 Å². The lowest BCUT2D eigenvalue weighted by molar-refractivity contribution is -0.116. The predicted octanol–water partition coefficient (Wildman–Crippen LogP) is 5.14. The molecule has 150 valence electrons. The molecule has 1 heterocycles. The average Bonchev–Trinajstić information content (AvgIpc) is 3.20. The first-order valence-electron chi connectivity index (χ1n) is 9.04. The molecule has 0 aliphatic carbocycles. The first-order chi connectivity index (χ1) is 14.0. The molecule has 3 rings (SSSR count). The summed E-state index contributed by atoms with van der Waals surface area (Å²) in [7, 11) is 0. The molecule has 0 bridgehead atoms. The molecule has 0 fully saturated rings. The molecule has 2 aromatic carbocycles. The summed E-state index contributed by atoms with van der Waals surface area (Å²) in [6, 6.07) is 15.7. The summed E-state index contributed by atoms with van der Waals surface area (Å²) in [5.41, 5.74) is 1.39. The van der Waals surface area contributed by atoms with Gasteiger partial charge in [-0.15, -0.1) is 0 Å². The Labute approximate surface area is 178 Å². The smallest absolute Gasteiger partial charge is 0.276 e. The van der Waals surface area contributed by atoms with Crippen molar-refractivity contribution in [2.75, 3.05) is 18.4 Å². The number of aromatic nitrogens is 1. The summed E-state index contributed by atoms with van der Waals surface area (Å²) in [6.45, 7) is 2.18. The molecule has 0 aliphatic heterocycles. The van der Waals surface area contributed by atoms with Gasteiger partial charge in [0.05, 0.1) is 10.7 Å². The number of hydrogen-bond acceptors (Lipinski definition) is 4. The Kier molecular flexibility index (Phi) is 6.90. The van der Waals surface area contributed by atoms with Gasteiger partial charge in [-0.05, 0) is 24.6 Å². The number of nitrogens with one attached hydrogen (secondary N) is 1. The molecule has 0 radical (unpaired) electrons. The largest absolute Gasteiger partial charge is 0.355 e. The van der Waals surface area contributed by atoms with Crippen molar-refractivity contribution in [2.45, 2.75) is 13.3 Å². The number of halogens is 2. The van der Waals surface area contributed by atoms with E-state index in [0.29, 0.717) is 34.5 Å². The number of rotatable bonds is 7. The minimum Gasteiger partial charge on any atom is -0.355 e. The van der Waals surface area contributed by atoms with E-state index in [1.54, 1.807) is 18.2 Å². The third kappa shape index (κ3) is 5.37. The zero-order valence-electron chi connectivity index (χ0n) is 15.7. The van der Waals surface area contributed by atoms with Crippen LogP contribution in [0, 0.1) is 0 Å². The van der Waals surface area contributed by atoms with Gasteiger partial charge in [0.1, 0.15) is 6.54 Å². The lowest BCUT2D eigenvalue weighted by Gasteiger charge is -2.20. The van der Waals surface area contributed by atoms with E-state index >= 15 is 0 Å². The molecule has 0 atom stereocenters. The van der Waals surface area contributed by atoms with Crippen LogP contribution >= 0.6 is 23.2 Å². The molecule has 8 heteroatoms. The van der Waals surface area contributed by atoms with E-state index in [1.807, 2.05) is 37.3 Å². The van der Waals surface area contributed by atoms with E-state index in [0.717, 1.165) is 5.56 Å². The van der Waals surface area contributed by atoms with Gasteiger partial charge < -0.3 is 14.7 Å². The van der Waals surface area contributed by atoms with Crippen LogP contribution in [-0.4, -0.2) is 35.0 Å². The Morgan fingerprint density at radius 2 is 1.86 bits per heavy atom. The zero-order chi connectivity index (χ0) is 20.8. The summed E-state index contributed by atoms with van der Waals surface area (Å²) in [5.74, 6) is -0.263. The maximum absolute atomic E-state index is 12.9. The number of carbonyl (C=O) groups excluding carboxylic acids is 2. The van der Waals surface area contributed by atoms with Crippen molar-refractivity contribution >= 4 is 40.7 Å². The standard InChI is InChI=1S/C21H19Cl2N3O3/c1-2-10-26(13-20(27)24-17-9-8-15(22)11-16(17)23)21(28)18-12-19(29-25-18)14-6-4-3-5-7-14/h3-9,11-12H,2,10,13H2,1H3,(H,24,27). The van der Waals surface area contributed by atoms with E-state index in [2.05, 4.69) is 10.5 Å². The summed E-state index contributed by atoms with van der Waals surface area (Å²) < 4.78 is 5.30. The van der Waals surface area contributed by atoms with Gasteiger partial charge in [0, 0.05) is 23.2 Å². The Morgan fingerprint density at radius 3 is 2.55 bits per heavy atom. The third-order valence-corrected chi connectivity index (χ3v) is 4.66. The minimum atomic E-state index is -0.380. The van der Waals surface area contributed by atoms with E-state index in [4.69, 9.17) is 27.7 Å². The molecule has 0 unspecified atom stereocenters. The lowest BCUT2D eigenvalue weighted by Crippen LogP contribution is -2.38. The molecule has 29 heavy (non-hydrogen) atoms. The van der Waals surface area contributed by atoms with Gasteiger partial charge >= 0.3 is 0 Å². The molecule has 1 aromatic heterocycles. The van der Waals surface area contributed by atoms with Crippen molar-refractivity contribution in [3.05, 3.63) is 70.3 Å². The summed E-state index contributed by atoms with van der Waals surface area (Å²) in [5, 5.41) is 7.36. The zero-order valence-corrected chi connectivity index (χ0v) is 17.2. The first-order valence-corrected chi connectivity index (χ1v) is 9.80. The highest BCUT2D eigenvalue weighted by molar-refractivity contribution is 6.36. The van der Waals surface area contributed by atoms with Crippen LogP contribution in [0.4, 0.5) is 5.69 Å². The SMILES string of the molecule is CCCN(CC(=O)Nc1ccc(Cl)cc1Cl)C(=O)c1cc(-c2ccccc2)on1. The van der Waals surface area contributed by atoms with Gasteiger partial charge in [0.15, 0.2) is 11.5 Å².